The Hall–Kier alpha value is 0.0700. The molecule has 1 fully saturated rings. The van der Waals surface area contributed by atoms with Gasteiger partial charge in [-0.05, 0) is 28.1 Å². The van der Waals surface area contributed by atoms with E-state index in [2.05, 4.69) is 21.2 Å². The van der Waals surface area contributed by atoms with E-state index in [-0.39, 0.29) is 0 Å². The monoisotopic (exact) mass is 247 g/mol. The molecule has 0 bridgehead atoms. The Morgan fingerprint density at radius 2 is 2.42 bits per heavy atom. The first-order chi connectivity index (χ1) is 5.84. The van der Waals surface area contributed by atoms with Gasteiger partial charge in [0, 0.05) is 17.5 Å². The van der Waals surface area contributed by atoms with E-state index in [9.17, 15) is 0 Å². The quantitative estimate of drug-likeness (QED) is 0.888. The van der Waals surface area contributed by atoms with Gasteiger partial charge in [-0.2, -0.15) is 11.8 Å². The number of halogens is 1. The van der Waals surface area contributed by atoms with Crippen molar-refractivity contribution in [3.8, 4) is 0 Å². The highest BCUT2D eigenvalue weighted by Crippen LogP contribution is 2.18. The highest BCUT2D eigenvalue weighted by atomic mass is 79.9. The second-order valence-electron chi connectivity index (χ2n) is 2.82. The highest BCUT2D eigenvalue weighted by Gasteiger charge is 2.17. The molecule has 0 spiro atoms. The molecule has 0 radical (unpaired) electrons. The van der Waals surface area contributed by atoms with Crippen LogP contribution in [0.1, 0.15) is 5.76 Å². The molecule has 0 atom stereocenters. The van der Waals surface area contributed by atoms with E-state index in [0.29, 0.717) is 6.04 Å². The van der Waals surface area contributed by atoms with Crippen molar-refractivity contribution in [1.82, 2.24) is 5.32 Å². The number of hydrogen-bond donors (Lipinski definition) is 1. The molecule has 66 valence electrons. The molecule has 1 aromatic rings. The fraction of sp³-hybridized carbons (Fsp3) is 0.500. The Kier molecular flexibility index (Phi) is 2.78. The zero-order valence-corrected chi connectivity index (χ0v) is 8.95. The zero-order chi connectivity index (χ0) is 8.39. The zero-order valence-electron chi connectivity index (χ0n) is 6.55. The van der Waals surface area contributed by atoms with Gasteiger partial charge in [-0.1, -0.05) is 0 Å². The molecular weight excluding hydrogens is 238 g/mol. The smallest absolute Gasteiger partial charge is 0.169 e. The lowest BCUT2D eigenvalue weighted by molar-refractivity contribution is 0.449. The summed E-state index contributed by atoms with van der Waals surface area (Å²) in [6.45, 7) is 0.844. The fourth-order valence-corrected chi connectivity index (χ4v) is 2.09. The molecule has 1 saturated heterocycles. The summed E-state index contributed by atoms with van der Waals surface area (Å²) in [7, 11) is 0. The van der Waals surface area contributed by atoms with Gasteiger partial charge in [0.15, 0.2) is 4.67 Å². The molecule has 1 aromatic heterocycles. The van der Waals surface area contributed by atoms with Crippen LogP contribution in [0.2, 0.25) is 0 Å². The molecule has 1 aliphatic heterocycles. The Balaban J connectivity index is 1.79. The lowest BCUT2D eigenvalue weighted by Gasteiger charge is -2.25. The summed E-state index contributed by atoms with van der Waals surface area (Å²) in [6.07, 6.45) is 0. The maximum atomic E-state index is 5.35. The molecule has 0 aromatic carbocycles. The van der Waals surface area contributed by atoms with Gasteiger partial charge in [-0.15, -0.1) is 0 Å². The molecule has 0 saturated carbocycles. The minimum Gasteiger partial charge on any atom is -0.453 e. The largest absolute Gasteiger partial charge is 0.453 e. The Morgan fingerprint density at radius 1 is 1.58 bits per heavy atom. The minimum atomic E-state index is 0.693. The van der Waals surface area contributed by atoms with Crippen molar-refractivity contribution in [3.05, 3.63) is 22.6 Å². The van der Waals surface area contributed by atoms with Gasteiger partial charge in [0.2, 0.25) is 0 Å². The van der Waals surface area contributed by atoms with Crippen LogP contribution in [0.15, 0.2) is 21.2 Å². The number of hydrogen-bond acceptors (Lipinski definition) is 3. The molecule has 0 amide bonds. The predicted molar refractivity (Wildman–Crippen MR) is 54.4 cm³/mol. The summed E-state index contributed by atoms with van der Waals surface area (Å²) >= 11 is 5.25. The van der Waals surface area contributed by atoms with E-state index in [1.807, 2.05) is 23.9 Å². The van der Waals surface area contributed by atoms with E-state index in [4.69, 9.17) is 4.42 Å². The Labute approximate surface area is 84.2 Å². The second kappa shape index (κ2) is 3.85. The number of thioether (sulfide) groups is 1. The molecule has 0 unspecified atom stereocenters. The predicted octanol–water partition coefficient (Wildman–Crippen LogP) is 2.25. The average Bonchev–Trinajstić information content (AvgIpc) is 2.32. The van der Waals surface area contributed by atoms with Gasteiger partial charge in [-0.3, -0.25) is 0 Å². The van der Waals surface area contributed by atoms with Crippen LogP contribution in [0.5, 0.6) is 0 Å². The SMILES string of the molecule is Brc1ccc(CNC2CSC2)o1. The van der Waals surface area contributed by atoms with Crippen molar-refractivity contribution in [2.24, 2.45) is 0 Å². The van der Waals surface area contributed by atoms with Gasteiger partial charge in [0.25, 0.3) is 0 Å². The topological polar surface area (TPSA) is 25.2 Å². The first kappa shape index (κ1) is 8.66. The summed E-state index contributed by atoms with van der Waals surface area (Å²) < 4.78 is 6.16. The molecule has 1 aliphatic rings. The van der Waals surface area contributed by atoms with Crippen LogP contribution in [0, 0.1) is 0 Å². The average molecular weight is 248 g/mol. The van der Waals surface area contributed by atoms with Crippen molar-refractivity contribution < 1.29 is 4.42 Å². The van der Waals surface area contributed by atoms with Crippen molar-refractivity contribution in [2.45, 2.75) is 12.6 Å². The molecule has 12 heavy (non-hydrogen) atoms. The molecule has 2 rings (SSSR count). The number of rotatable bonds is 3. The van der Waals surface area contributed by atoms with Gasteiger partial charge in [0.05, 0.1) is 6.54 Å². The van der Waals surface area contributed by atoms with Crippen LogP contribution < -0.4 is 5.32 Å². The third-order valence-electron chi connectivity index (χ3n) is 1.83. The van der Waals surface area contributed by atoms with Crippen LogP contribution in [0.4, 0.5) is 0 Å². The molecule has 4 heteroatoms. The second-order valence-corrected chi connectivity index (χ2v) is 4.68. The molecular formula is C8H10BrNOS. The molecule has 0 aliphatic carbocycles. The van der Waals surface area contributed by atoms with Gasteiger partial charge >= 0.3 is 0 Å². The van der Waals surface area contributed by atoms with Gasteiger partial charge in [0.1, 0.15) is 5.76 Å². The number of furan rings is 1. The highest BCUT2D eigenvalue weighted by molar-refractivity contribution is 9.10. The molecule has 2 nitrogen and oxygen atoms in total. The van der Waals surface area contributed by atoms with Crippen LogP contribution in [0.3, 0.4) is 0 Å². The Bertz CT molecular complexity index is 259. The van der Waals surface area contributed by atoms with Gasteiger partial charge in [-0.25, -0.2) is 0 Å². The van der Waals surface area contributed by atoms with Crippen LogP contribution in [-0.2, 0) is 6.54 Å². The van der Waals surface area contributed by atoms with E-state index >= 15 is 0 Å². The third kappa shape index (κ3) is 2.06. The van der Waals surface area contributed by atoms with E-state index in [0.717, 1.165) is 17.0 Å². The van der Waals surface area contributed by atoms with Crippen molar-refractivity contribution in [1.29, 1.82) is 0 Å². The standard InChI is InChI=1S/C8H10BrNOS/c9-8-2-1-7(11-8)3-10-6-4-12-5-6/h1-2,6,10H,3-5H2. The van der Waals surface area contributed by atoms with Crippen LogP contribution >= 0.6 is 27.7 Å². The van der Waals surface area contributed by atoms with Crippen LogP contribution in [-0.4, -0.2) is 17.5 Å². The normalized spacial score (nSPS) is 17.8. The lowest BCUT2D eigenvalue weighted by Crippen LogP contribution is -2.39. The van der Waals surface area contributed by atoms with Crippen LogP contribution in [0.25, 0.3) is 0 Å². The van der Waals surface area contributed by atoms with E-state index in [1.54, 1.807) is 0 Å². The lowest BCUT2D eigenvalue weighted by atomic mass is 10.3. The first-order valence-electron chi connectivity index (χ1n) is 3.90. The first-order valence-corrected chi connectivity index (χ1v) is 5.85. The van der Waals surface area contributed by atoms with E-state index in [1.165, 1.54) is 11.5 Å². The van der Waals surface area contributed by atoms with Crippen molar-refractivity contribution in [2.75, 3.05) is 11.5 Å². The van der Waals surface area contributed by atoms with Crippen molar-refractivity contribution >= 4 is 27.7 Å². The van der Waals surface area contributed by atoms with Crippen molar-refractivity contribution in [3.63, 3.8) is 0 Å². The Morgan fingerprint density at radius 3 is 2.92 bits per heavy atom. The summed E-state index contributed by atoms with van der Waals surface area (Å²) in [5.41, 5.74) is 0. The summed E-state index contributed by atoms with van der Waals surface area (Å²) in [5, 5.41) is 3.41. The molecule has 1 N–H and O–H groups in total. The third-order valence-corrected chi connectivity index (χ3v) is 3.53. The molecule has 2 heterocycles. The summed E-state index contributed by atoms with van der Waals surface area (Å²) in [5.74, 6) is 3.47. The minimum absolute atomic E-state index is 0.693. The fourth-order valence-electron chi connectivity index (χ4n) is 1.05. The maximum Gasteiger partial charge on any atom is 0.169 e. The van der Waals surface area contributed by atoms with Gasteiger partial charge < -0.3 is 9.73 Å². The van der Waals surface area contributed by atoms with E-state index < -0.39 is 0 Å². The maximum absolute atomic E-state index is 5.35. The summed E-state index contributed by atoms with van der Waals surface area (Å²) in [4.78, 5) is 0. The number of nitrogens with one attached hydrogen (secondary N) is 1. The summed E-state index contributed by atoms with van der Waals surface area (Å²) in [6, 6.07) is 4.61.